The molecule has 0 aromatic heterocycles. The zero-order valence-corrected chi connectivity index (χ0v) is 16.5. The Morgan fingerprint density at radius 3 is 2.52 bits per heavy atom. The van der Waals surface area contributed by atoms with E-state index in [2.05, 4.69) is 0 Å². The van der Waals surface area contributed by atoms with Crippen LogP contribution in [0.5, 0.6) is 0 Å². The van der Waals surface area contributed by atoms with Crippen molar-refractivity contribution in [1.82, 2.24) is 4.31 Å². The summed E-state index contributed by atoms with van der Waals surface area (Å²) in [6.45, 7) is 0.733. The monoisotopic (exact) mass is 427 g/mol. The second-order valence-corrected chi connectivity index (χ2v) is 11.3. The van der Waals surface area contributed by atoms with E-state index in [1.807, 2.05) is 0 Å². The molecule has 0 radical (unpaired) electrons. The highest BCUT2D eigenvalue weighted by atomic mass is 35.5. The number of ether oxygens (including phenoxy) is 1. The van der Waals surface area contributed by atoms with E-state index in [-0.39, 0.29) is 45.5 Å². The van der Waals surface area contributed by atoms with E-state index in [1.165, 1.54) is 22.5 Å². The maximum absolute atomic E-state index is 13.2. The Morgan fingerprint density at radius 2 is 1.96 bits per heavy atom. The van der Waals surface area contributed by atoms with Crippen LogP contribution in [0.4, 0.5) is 0 Å². The molecule has 0 bridgehead atoms. The van der Waals surface area contributed by atoms with Gasteiger partial charge in [0.1, 0.15) is 0 Å². The number of hydrogen-bond acceptors (Lipinski definition) is 5. The number of nitrogens with zero attached hydrogens (tertiary/aromatic N) is 1. The van der Waals surface area contributed by atoms with Crippen LogP contribution in [0.1, 0.15) is 19.3 Å². The molecule has 2 aliphatic rings. The average molecular weight is 428 g/mol. The maximum atomic E-state index is 13.2. The highest BCUT2D eigenvalue weighted by Crippen LogP contribution is 2.30. The van der Waals surface area contributed by atoms with E-state index in [1.54, 1.807) is 0 Å². The molecule has 1 aromatic carbocycles. The van der Waals surface area contributed by atoms with Crippen molar-refractivity contribution in [3.8, 4) is 0 Å². The van der Waals surface area contributed by atoms with E-state index in [0.717, 1.165) is 12.8 Å². The summed E-state index contributed by atoms with van der Waals surface area (Å²) < 4.78 is 56.9. The number of rotatable bonds is 5. The Bertz CT molecular complexity index is 851. The van der Waals surface area contributed by atoms with Crippen molar-refractivity contribution in [3.63, 3.8) is 0 Å². The van der Waals surface area contributed by atoms with Crippen LogP contribution < -0.4 is 0 Å². The third kappa shape index (κ3) is 4.31. The molecule has 25 heavy (non-hydrogen) atoms. The van der Waals surface area contributed by atoms with Gasteiger partial charge in [0.2, 0.25) is 10.0 Å². The molecule has 2 fully saturated rings. The number of benzene rings is 1. The summed E-state index contributed by atoms with van der Waals surface area (Å²) in [5.74, 6) is -0.170. The van der Waals surface area contributed by atoms with E-state index < -0.39 is 25.9 Å². The molecule has 10 heteroatoms. The molecule has 0 unspecified atom stereocenters. The first-order valence-corrected chi connectivity index (χ1v) is 12.0. The smallest absolute Gasteiger partial charge is 0.243 e. The minimum absolute atomic E-state index is 0.00339. The Balaban J connectivity index is 1.95. The van der Waals surface area contributed by atoms with Crippen LogP contribution in [0.3, 0.4) is 0 Å². The van der Waals surface area contributed by atoms with Crippen molar-refractivity contribution in [3.05, 3.63) is 28.2 Å². The van der Waals surface area contributed by atoms with Crippen LogP contribution in [0.15, 0.2) is 23.1 Å². The highest BCUT2D eigenvalue weighted by molar-refractivity contribution is 7.92. The largest absolute Gasteiger partial charge is 0.377 e. The molecule has 6 nitrogen and oxygen atoms in total. The topological polar surface area (TPSA) is 80.8 Å². The van der Waals surface area contributed by atoms with Crippen LogP contribution in [-0.2, 0) is 24.6 Å². The summed E-state index contributed by atoms with van der Waals surface area (Å²) in [4.78, 5) is 0.00388. The van der Waals surface area contributed by atoms with Gasteiger partial charge in [-0.3, -0.25) is 0 Å². The van der Waals surface area contributed by atoms with Crippen molar-refractivity contribution in [1.29, 1.82) is 0 Å². The molecule has 0 saturated carbocycles. The summed E-state index contributed by atoms with van der Waals surface area (Å²) in [6.07, 6.45) is 1.69. The molecule has 140 valence electrons. The van der Waals surface area contributed by atoms with Crippen molar-refractivity contribution < 1.29 is 21.6 Å². The van der Waals surface area contributed by atoms with Gasteiger partial charge in [-0.2, -0.15) is 4.31 Å². The van der Waals surface area contributed by atoms with Gasteiger partial charge in [0.05, 0.1) is 32.6 Å². The molecule has 3 rings (SSSR count). The van der Waals surface area contributed by atoms with Gasteiger partial charge < -0.3 is 4.74 Å². The van der Waals surface area contributed by atoms with E-state index in [9.17, 15) is 16.8 Å². The second kappa shape index (κ2) is 7.32. The molecule has 0 aliphatic carbocycles. The fraction of sp³-hybridized carbons (Fsp3) is 0.600. The van der Waals surface area contributed by atoms with Crippen LogP contribution in [0.25, 0.3) is 0 Å². The minimum atomic E-state index is -3.92. The summed E-state index contributed by atoms with van der Waals surface area (Å²) >= 11 is 11.8. The quantitative estimate of drug-likeness (QED) is 0.719. The van der Waals surface area contributed by atoms with E-state index in [0.29, 0.717) is 6.61 Å². The van der Waals surface area contributed by atoms with Crippen LogP contribution >= 0.6 is 23.2 Å². The van der Waals surface area contributed by atoms with Gasteiger partial charge in [0.15, 0.2) is 9.84 Å². The molecule has 2 aliphatic heterocycles. The zero-order chi connectivity index (χ0) is 18.2. The number of sulfonamides is 1. The van der Waals surface area contributed by atoms with Gasteiger partial charge in [-0.05, 0) is 37.5 Å². The van der Waals surface area contributed by atoms with Crippen LogP contribution in [0, 0.1) is 0 Å². The van der Waals surface area contributed by atoms with Crippen LogP contribution in [0.2, 0.25) is 10.0 Å². The standard InChI is InChI=1S/C15H19Cl2NO5S2/c16-14-4-3-13(8-15(14)17)25(21,22)18(9-12-2-1-6-23-12)11-5-7-24(19,20)10-11/h3-4,8,11-12H,1-2,5-7,9-10H2/t11-,12-/m0/s1. The third-order valence-corrected chi connectivity index (χ3v) is 8.92. The van der Waals surface area contributed by atoms with E-state index in [4.69, 9.17) is 27.9 Å². The molecule has 0 N–H and O–H groups in total. The average Bonchev–Trinajstić information content (AvgIpc) is 3.16. The first-order chi connectivity index (χ1) is 11.7. The Kier molecular flexibility index (Phi) is 5.68. The van der Waals surface area contributed by atoms with Crippen molar-refractivity contribution in [2.75, 3.05) is 24.7 Å². The first-order valence-electron chi connectivity index (χ1n) is 7.98. The van der Waals surface area contributed by atoms with Crippen molar-refractivity contribution in [2.45, 2.75) is 36.3 Å². The SMILES string of the molecule is O=S1(=O)CC[C@H](N(C[C@@H]2CCCO2)S(=O)(=O)c2ccc(Cl)c(Cl)c2)C1. The number of halogens is 2. The van der Waals surface area contributed by atoms with Gasteiger partial charge in [-0.25, -0.2) is 16.8 Å². The molecule has 0 amide bonds. The lowest BCUT2D eigenvalue weighted by molar-refractivity contribution is 0.0877. The molecule has 0 spiro atoms. The zero-order valence-electron chi connectivity index (χ0n) is 13.4. The summed E-state index contributed by atoms with van der Waals surface area (Å²) in [6, 6.07) is 3.52. The Labute approximate surface area is 158 Å². The lowest BCUT2D eigenvalue weighted by Gasteiger charge is -2.29. The summed E-state index contributed by atoms with van der Waals surface area (Å²) in [7, 11) is -7.14. The van der Waals surface area contributed by atoms with Crippen molar-refractivity contribution in [2.24, 2.45) is 0 Å². The predicted molar refractivity (Wildman–Crippen MR) is 96.4 cm³/mol. The maximum Gasteiger partial charge on any atom is 0.243 e. The van der Waals surface area contributed by atoms with Gasteiger partial charge in [0.25, 0.3) is 0 Å². The summed E-state index contributed by atoms with van der Waals surface area (Å²) in [5, 5.41) is 0.397. The molecule has 1 aromatic rings. The van der Waals surface area contributed by atoms with Crippen LogP contribution in [-0.4, -0.2) is 57.9 Å². The lowest BCUT2D eigenvalue weighted by atomic mass is 10.2. The molecule has 2 atom stereocenters. The molecule has 2 saturated heterocycles. The Hall–Kier alpha value is -0.380. The number of sulfone groups is 1. The molecular weight excluding hydrogens is 409 g/mol. The third-order valence-electron chi connectivity index (χ3n) is 4.52. The normalized spacial score (nSPS) is 26.4. The predicted octanol–water partition coefficient (Wildman–Crippen LogP) is 2.35. The molecular formula is C15H19Cl2NO5S2. The lowest BCUT2D eigenvalue weighted by Crippen LogP contribution is -2.45. The summed E-state index contributed by atoms with van der Waals surface area (Å²) in [5.41, 5.74) is 0. The van der Waals surface area contributed by atoms with Gasteiger partial charge in [-0.15, -0.1) is 0 Å². The molecule has 2 heterocycles. The first kappa shape index (κ1) is 19.4. The minimum Gasteiger partial charge on any atom is -0.377 e. The van der Waals surface area contributed by atoms with Crippen molar-refractivity contribution >= 4 is 43.1 Å². The fourth-order valence-corrected chi connectivity index (χ4v) is 7.11. The number of hydrogen-bond donors (Lipinski definition) is 0. The van der Waals surface area contributed by atoms with Gasteiger partial charge in [-0.1, -0.05) is 23.2 Å². The Morgan fingerprint density at radius 1 is 1.20 bits per heavy atom. The second-order valence-electron chi connectivity index (χ2n) is 6.34. The van der Waals surface area contributed by atoms with Gasteiger partial charge >= 0.3 is 0 Å². The highest BCUT2D eigenvalue weighted by Gasteiger charge is 2.40. The van der Waals surface area contributed by atoms with Gasteiger partial charge in [0, 0.05) is 19.2 Å². The van der Waals surface area contributed by atoms with E-state index >= 15 is 0 Å². The fourth-order valence-electron chi connectivity index (χ4n) is 3.21.